The highest BCUT2D eigenvalue weighted by atomic mass is 16.5. The van der Waals surface area contributed by atoms with Crippen LogP contribution in [0.1, 0.15) is 71.6 Å². The van der Waals surface area contributed by atoms with Crippen molar-refractivity contribution in [1.82, 2.24) is 0 Å². The second-order valence-corrected chi connectivity index (χ2v) is 4.68. The molecular formula is C14H28O3. The summed E-state index contributed by atoms with van der Waals surface area (Å²) in [5, 5.41) is 8.60. The van der Waals surface area contributed by atoms with E-state index in [0.29, 0.717) is 6.61 Å². The first-order valence-electron chi connectivity index (χ1n) is 7.03. The molecule has 0 saturated carbocycles. The molecule has 0 rings (SSSR count). The molecule has 0 aromatic rings. The molecule has 0 amide bonds. The van der Waals surface area contributed by atoms with E-state index in [1.165, 1.54) is 44.9 Å². The largest absolute Gasteiger partial charge is 0.479 e. The fourth-order valence-corrected chi connectivity index (χ4v) is 1.74. The van der Waals surface area contributed by atoms with E-state index >= 15 is 0 Å². The molecule has 0 aliphatic carbocycles. The van der Waals surface area contributed by atoms with Gasteiger partial charge in [0.15, 0.2) is 6.10 Å². The summed E-state index contributed by atoms with van der Waals surface area (Å²) >= 11 is 0. The first-order chi connectivity index (χ1) is 8.18. The second-order valence-electron chi connectivity index (χ2n) is 4.68. The van der Waals surface area contributed by atoms with Crippen molar-refractivity contribution in [3.05, 3.63) is 0 Å². The normalized spacial score (nSPS) is 12.6. The van der Waals surface area contributed by atoms with Gasteiger partial charge in [0, 0.05) is 6.61 Å². The van der Waals surface area contributed by atoms with Gasteiger partial charge in [0.2, 0.25) is 0 Å². The molecule has 0 saturated heterocycles. The van der Waals surface area contributed by atoms with E-state index in [1.807, 2.05) is 0 Å². The van der Waals surface area contributed by atoms with E-state index in [0.717, 1.165) is 12.8 Å². The monoisotopic (exact) mass is 244 g/mol. The topological polar surface area (TPSA) is 46.5 Å². The number of ether oxygens (including phenoxy) is 1. The quantitative estimate of drug-likeness (QED) is 0.528. The predicted molar refractivity (Wildman–Crippen MR) is 70.3 cm³/mol. The Hall–Kier alpha value is -0.570. The number of carboxylic acids is 1. The van der Waals surface area contributed by atoms with E-state index in [1.54, 1.807) is 6.92 Å². The number of rotatable bonds is 12. The van der Waals surface area contributed by atoms with E-state index in [9.17, 15) is 4.79 Å². The van der Waals surface area contributed by atoms with Crippen LogP contribution in [0.25, 0.3) is 0 Å². The molecule has 1 N–H and O–H groups in total. The number of carboxylic acid groups (broad SMARTS) is 1. The van der Waals surface area contributed by atoms with Crippen LogP contribution in [-0.4, -0.2) is 23.8 Å². The van der Waals surface area contributed by atoms with Crippen LogP contribution in [0.3, 0.4) is 0 Å². The van der Waals surface area contributed by atoms with Crippen LogP contribution in [0.4, 0.5) is 0 Å². The van der Waals surface area contributed by atoms with Crippen molar-refractivity contribution in [2.24, 2.45) is 0 Å². The third kappa shape index (κ3) is 11.7. The molecule has 3 nitrogen and oxygen atoms in total. The fourth-order valence-electron chi connectivity index (χ4n) is 1.74. The summed E-state index contributed by atoms with van der Waals surface area (Å²) < 4.78 is 5.16. The molecule has 1 unspecified atom stereocenters. The maximum Gasteiger partial charge on any atom is 0.332 e. The van der Waals surface area contributed by atoms with Gasteiger partial charge in [0.1, 0.15) is 0 Å². The highest BCUT2D eigenvalue weighted by Crippen LogP contribution is 2.09. The Morgan fingerprint density at radius 2 is 1.47 bits per heavy atom. The standard InChI is InChI=1S/C14H28O3/c1-3-4-5-6-7-8-9-10-11-12-17-13(2)14(15)16/h13H,3-12H2,1-2H3,(H,15,16). The minimum Gasteiger partial charge on any atom is -0.479 e. The van der Waals surface area contributed by atoms with Crippen molar-refractivity contribution in [2.45, 2.75) is 77.7 Å². The molecule has 3 heteroatoms. The van der Waals surface area contributed by atoms with Crippen LogP contribution in [0.2, 0.25) is 0 Å². The molecule has 0 fully saturated rings. The molecule has 0 aliphatic heterocycles. The molecule has 0 radical (unpaired) electrons. The minimum absolute atomic E-state index is 0.573. The lowest BCUT2D eigenvalue weighted by molar-refractivity contribution is -0.149. The van der Waals surface area contributed by atoms with Gasteiger partial charge in [-0.15, -0.1) is 0 Å². The lowest BCUT2D eigenvalue weighted by atomic mass is 10.1. The summed E-state index contributed by atoms with van der Waals surface area (Å²) in [4.78, 5) is 10.5. The van der Waals surface area contributed by atoms with Crippen molar-refractivity contribution in [3.8, 4) is 0 Å². The highest BCUT2D eigenvalue weighted by Gasteiger charge is 2.09. The van der Waals surface area contributed by atoms with E-state index in [-0.39, 0.29) is 0 Å². The predicted octanol–water partition coefficient (Wildman–Crippen LogP) is 4.01. The Kier molecular flexibility index (Phi) is 11.5. The van der Waals surface area contributed by atoms with E-state index < -0.39 is 12.1 Å². The van der Waals surface area contributed by atoms with Crippen LogP contribution < -0.4 is 0 Å². The van der Waals surface area contributed by atoms with Crippen LogP contribution in [0.5, 0.6) is 0 Å². The third-order valence-corrected chi connectivity index (χ3v) is 2.96. The third-order valence-electron chi connectivity index (χ3n) is 2.96. The van der Waals surface area contributed by atoms with E-state index in [2.05, 4.69) is 6.92 Å². The molecule has 0 bridgehead atoms. The zero-order chi connectivity index (χ0) is 12.9. The van der Waals surface area contributed by atoms with Gasteiger partial charge in [0.05, 0.1) is 0 Å². The summed E-state index contributed by atoms with van der Waals surface area (Å²) in [5.74, 6) is -0.874. The summed E-state index contributed by atoms with van der Waals surface area (Å²) in [6.07, 6.45) is 10.8. The Labute approximate surface area is 106 Å². The SMILES string of the molecule is CCCCCCCCCCCOC(C)C(=O)O. The first-order valence-corrected chi connectivity index (χ1v) is 7.03. The van der Waals surface area contributed by atoms with Gasteiger partial charge < -0.3 is 9.84 Å². The minimum atomic E-state index is -0.874. The lowest BCUT2D eigenvalue weighted by Gasteiger charge is -2.07. The van der Waals surface area contributed by atoms with Gasteiger partial charge in [-0.25, -0.2) is 4.79 Å². The molecule has 102 valence electrons. The summed E-state index contributed by atoms with van der Waals surface area (Å²) in [7, 11) is 0. The van der Waals surface area contributed by atoms with Crippen molar-refractivity contribution >= 4 is 5.97 Å². The van der Waals surface area contributed by atoms with Gasteiger partial charge in [-0.3, -0.25) is 0 Å². The molecule has 0 aromatic carbocycles. The molecule has 0 heterocycles. The molecule has 17 heavy (non-hydrogen) atoms. The Morgan fingerprint density at radius 1 is 1.00 bits per heavy atom. The number of aliphatic carboxylic acids is 1. The zero-order valence-electron chi connectivity index (χ0n) is 11.4. The molecule has 0 aromatic heterocycles. The summed E-state index contributed by atoms with van der Waals surface area (Å²) in [6.45, 7) is 4.39. The first kappa shape index (κ1) is 16.4. The van der Waals surface area contributed by atoms with Crippen molar-refractivity contribution in [1.29, 1.82) is 0 Å². The van der Waals surface area contributed by atoms with Crippen LogP contribution in [0.15, 0.2) is 0 Å². The van der Waals surface area contributed by atoms with Crippen molar-refractivity contribution in [2.75, 3.05) is 6.61 Å². The number of hydrogen-bond acceptors (Lipinski definition) is 2. The van der Waals surface area contributed by atoms with Crippen LogP contribution in [-0.2, 0) is 9.53 Å². The summed E-state index contributed by atoms with van der Waals surface area (Å²) in [5.41, 5.74) is 0. The average molecular weight is 244 g/mol. The average Bonchev–Trinajstić information content (AvgIpc) is 2.31. The molecule has 0 aliphatic rings. The van der Waals surface area contributed by atoms with Crippen LogP contribution >= 0.6 is 0 Å². The molecular weight excluding hydrogens is 216 g/mol. The van der Waals surface area contributed by atoms with Crippen LogP contribution in [0, 0.1) is 0 Å². The van der Waals surface area contributed by atoms with Gasteiger partial charge in [-0.2, -0.15) is 0 Å². The van der Waals surface area contributed by atoms with Gasteiger partial charge >= 0.3 is 5.97 Å². The number of unbranched alkanes of at least 4 members (excludes halogenated alkanes) is 8. The smallest absolute Gasteiger partial charge is 0.332 e. The maximum absolute atomic E-state index is 10.5. The Bertz CT molecular complexity index is 180. The Morgan fingerprint density at radius 3 is 1.94 bits per heavy atom. The van der Waals surface area contributed by atoms with Crippen molar-refractivity contribution in [3.63, 3.8) is 0 Å². The summed E-state index contributed by atoms with van der Waals surface area (Å²) in [6, 6.07) is 0. The fraction of sp³-hybridized carbons (Fsp3) is 0.929. The zero-order valence-corrected chi connectivity index (χ0v) is 11.4. The molecule has 1 atom stereocenters. The number of carbonyl (C=O) groups is 1. The van der Waals surface area contributed by atoms with Gasteiger partial charge in [-0.1, -0.05) is 58.3 Å². The molecule has 0 spiro atoms. The highest BCUT2D eigenvalue weighted by molar-refractivity contribution is 5.71. The second kappa shape index (κ2) is 11.9. The van der Waals surface area contributed by atoms with Crippen molar-refractivity contribution < 1.29 is 14.6 Å². The lowest BCUT2D eigenvalue weighted by Crippen LogP contribution is -2.20. The Balaban J connectivity index is 3.06. The van der Waals surface area contributed by atoms with E-state index in [4.69, 9.17) is 9.84 Å². The maximum atomic E-state index is 10.5. The van der Waals surface area contributed by atoms with Gasteiger partial charge in [0.25, 0.3) is 0 Å². The number of hydrogen-bond donors (Lipinski definition) is 1. The van der Waals surface area contributed by atoms with Gasteiger partial charge in [-0.05, 0) is 13.3 Å².